The molecule has 4 unspecified atom stereocenters. The lowest BCUT2D eigenvalue weighted by Crippen LogP contribution is -2.63. The number of hydrogen-bond acceptors (Lipinski definition) is 6. The van der Waals surface area contributed by atoms with Crippen LogP contribution in [0.2, 0.25) is 0 Å². The molecule has 206 valence electrons. The first-order chi connectivity index (χ1) is 18.0. The van der Waals surface area contributed by atoms with Crippen molar-refractivity contribution in [1.29, 1.82) is 0 Å². The van der Waals surface area contributed by atoms with Crippen molar-refractivity contribution in [3.63, 3.8) is 0 Å². The molecule has 1 aliphatic rings. The van der Waals surface area contributed by atoms with Gasteiger partial charge in [-0.15, -0.1) is 4.52 Å². The maximum Gasteiger partial charge on any atom is 0.541 e. The van der Waals surface area contributed by atoms with E-state index < -0.39 is 42.1 Å². The number of carbonyl (C=O) groups is 2. The Bertz CT molecular complexity index is 1070. The van der Waals surface area contributed by atoms with Gasteiger partial charge in [0.25, 0.3) is 5.85 Å². The third-order valence-corrected chi connectivity index (χ3v) is 8.29. The summed E-state index contributed by atoms with van der Waals surface area (Å²) >= 11 is 0. The summed E-state index contributed by atoms with van der Waals surface area (Å²) in [5.74, 6) is -1.10. The molecule has 8 heteroatoms. The SMILES string of the molecule is CC(O[P+](=O)C(CCCc1ccccc1)OCc1ccccc1)C(=O)[N+]1(C(=O)OC(C)(C)C)CCC[C@H]1C. The highest BCUT2D eigenvalue weighted by atomic mass is 31.1. The molecule has 1 fully saturated rings. The minimum atomic E-state index is -2.34. The molecule has 2 aromatic rings. The van der Waals surface area contributed by atoms with Gasteiger partial charge in [0, 0.05) is 19.3 Å². The summed E-state index contributed by atoms with van der Waals surface area (Å²) in [7, 11) is -2.34. The fourth-order valence-electron chi connectivity index (χ4n) is 4.84. The molecule has 38 heavy (non-hydrogen) atoms. The van der Waals surface area contributed by atoms with Crippen LogP contribution in [-0.4, -0.2) is 46.6 Å². The van der Waals surface area contributed by atoms with Crippen molar-refractivity contribution in [2.24, 2.45) is 0 Å². The van der Waals surface area contributed by atoms with E-state index in [0.29, 0.717) is 19.6 Å². The molecule has 1 saturated heterocycles. The van der Waals surface area contributed by atoms with Gasteiger partial charge in [0.05, 0.1) is 13.2 Å². The number of carbonyl (C=O) groups excluding carboxylic acids is 2. The number of hydrogen-bond donors (Lipinski definition) is 0. The second-order valence-electron chi connectivity index (χ2n) is 11.1. The molecule has 0 N–H and O–H groups in total. The molecule has 0 aliphatic carbocycles. The Labute approximate surface area is 227 Å². The smallest absolute Gasteiger partial charge is 0.414 e. The predicted molar refractivity (Wildman–Crippen MR) is 148 cm³/mol. The van der Waals surface area contributed by atoms with Crippen molar-refractivity contribution < 1.29 is 32.6 Å². The van der Waals surface area contributed by atoms with Gasteiger partial charge in [-0.05, 0) is 63.2 Å². The lowest BCUT2D eigenvalue weighted by Gasteiger charge is -2.34. The quantitative estimate of drug-likeness (QED) is 0.221. The third-order valence-electron chi connectivity index (χ3n) is 6.89. The fourth-order valence-corrected chi connectivity index (χ4v) is 5.97. The van der Waals surface area contributed by atoms with Crippen LogP contribution in [0.1, 0.15) is 71.4 Å². The third kappa shape index (κ3) is 8.03. The minimum Gasteiger partial charge on any atom is -0.414 e. The maximum atomic E-state index is 13.7. The minimum absolute atomic E-state index is 0.239. The van der Waals surface area contributed by atoms with E-state index in [9.17, 15) is 14.2 Å². The van der Waals surface area contributed by atoms with Gasteiger partial charge in [0.1, 0.15) is 11.6 Å². The Morgan fingerprint density at radius 3 is 2.18 bits per heavy atom. The molecule has 2 amide bonds. The molecule has 2 aromatic carbocycles. The van der Waals surface area contributed by atoms with E-state index in [1.165, 1.54) is 5.56 Å². The Balaban J connectivity index is 1.70. The maximum absolute atomic E-state index is 13.7. The van der Waals surface area contributed by atoms with Gasteiger partial charge in [-0.25, -0.2) is 4.79 Å². The Morgan fingerprint density at radius 2 is 1.63 bits per heavy atom. The van der Waals surface area contributed by atoms with E-state index in [0.717, 1.165) is 31.2 Å². The van der Waals surface area contributed by atoms with Gasteiger partial charge >= 0.3 is 20.0 Å². The first-order valence-electron chi connectivity index (χ1n) is 13.5. The van der Waals surface area contributed by atoms with Crippen LogP contribution in [0.4, 0.5) is 4.79 Å². The van der Waals surface area contributed by atoms with Gasteiger partial charge in [-0.2, -0.15) is 9.28 Å². The molecule has 0 bridgehead atoms. The summed E-state index contributed by atoms with van der Waals surface area (Å²) in [6.07, 6.45) is 1.92. The summed E-state index contributed by atoms with van der Waals surface area (Å²) in [4.78, 5) is 27.0. The van der Waals surface area contributed by atoms with Gasteiger partial charge in [-0.3, -0.25) is 0 Å². The molecular formula is C30H42NO6P+2. The number of amides is 2. The lowest BCUT2D eigenvalue weighted by atomic mass is 10.1. The van der Waals surface area contributed by atoms with Gasteiger partial charge < -0.3 is 9.47 Å². The topological polar surface area (TPSA) is 78.9 Å². The van der Waals surface area contributed by atoms with Crippen LogP contribution >= 0.6 is 8.03 Å². The Hall–Kier alpha value is -2.44. The first-order valence-corrected chi connectivity index (χ1v) is 14.8. The molecule has 1 aliphatic heterocycles. The molecule has 5 atom stereocenters. The Kier molecular flexibility index (Phi) is 10.8. The van der Waals surface area contributed by atoms with Crippen LogP contribution in [0.3, 0.4) is 0 Å². The average Bonchev–Trinajstić information content (AvgIpc) is 3.27. The fraction of sp³-hybridized carbons (Fsp3) is 0.533. The summed E-state index contributed by atoms with van der Waals surface area (Å²) in [6, 6.07) is 19.5. The van der Waals surface area contributed by atoms with Crippen LogP contribution in [0.15, 0.2) is 60.7 Å². The van der Waals surface area contributed by atoms with Crippen LogP contribution in [0.5, 0.6) is 0 Å². The van der Waals surface area contributed by atoms with Crippen molar-refractivity contribution in [1.82, 2.24) is 0 Å². The number of benzene rings is 2. The van der Waals surface area contributed by atoms with Crippen molar-refractivity contribution in [3.8, 4) is 0 Å². The number of imide groups is 1. The lowest BCUT2D eigenvalue weighted by molar-refractivity contribution is -0.795. The number of rotatable bonds is 11. The second-order valence-corrected chi connectivity index (χ2v) is 12.4. The second kappa shape index (κ2) is 13.6. The van der Waals surface area contributed by atoms with Crippen LogP contribution in [0.25, 0.3) is 0 Å². The van der Waals surface area contributed by atoms with Crippen LogP contribution in [-0.2, 0) is 36.4 Å². The van der Waals surface area contributed by atoms with Gasteiger partial charge in [0.2, 0.25) is 6.10 Å². The van der Waals surface area contributed by atoms with Gasteiger partial charge in [0.15, 0.2) is 0 Å². The zero-order valence-electron chi connectivity index (χ0n) is 23.3. The zero-order chi connectivity index (χ0) is 27.8. The largest absolute Gasteiger partial charge is 0.541 e. The average molecular weight is 544 g/mol. The summed E-state index contributed by atoms with van der Waals surface area (Å²) in [5, 5.41) is 0. The first kappa shape index (κ1) is 30.1. The standard InChI is InChI=1S/C30H42NO6P/c1-23-14-13-21-31(23,29(33)36-30(3,4)5)28(32)24(2)37-38(34)27(35-22-26-17-10-7-11-18-26)20-12-19-25-15-8-6-9-16-25/h6-11,15-18,23-24,27H,12-14,19-22H2,1-5H3/q+2/t23-,24?,27?,31?/m1/s1. The number of aryl methyl sites for hydroxylation is 1. The number of nitrogens with zero attached hydrogens (tertiary/aromatic N) is 1. The highest BCUT2D eigenvalue weighted by Crippen LogP contribution is 2.39. The van der Waals surface area contributed by atoms with E-state index in [1.54, 1.807) is 27.7 Å². The zero-order valence-corrected chi connectivity index (χ0v) is 24.2. The van der Waals surface area contributed by atoms with Crippen LogP contribution in [0, 0.1) is 0 Å². The van der Waals surface area contributed by atoms with E-state index in [-0.39, 0.29) is 6.04 Å². The van der Waals surface area contributed by atoms with Crippen molar-refractivity contribution in [3.05, 3.63) is 71.8 Å². The van der Waals surface area contributed by atoms with E-state index >= 15 is 0 Å². The van der Waals surface area contributed by atoms with Gasteiger partial charge in [-0.1, -0.05) is 60.7 Å². The monoisotopic (exact) mass is 543 g/mol. The van der Waals surface area contributed by atoms with E-state index in [2.05, 4.69) is 12.1 Å². The van der Waals surface area contributed by atoms with E-state index in [1.807, 2.05) is 55.5 Å². The molecular weight excluding hydrogens is 501 g/mol. The highest BCUT2D eigenvalue weighted by Gasteiger charge is 2.58. The molecule has 0 saturated carbocycles. The van der Waals surface area contributed by atoms with Crippen molar-refractivity contribution >= 4 is 20.0 Å². The van der Waals surface area contributed by atoms with Crippen LogP contribution < -0.4 is 0 Å². The number of likely N-dealkylation sites (tertiary alicyclic amines) is 1. The predicted octanol–water partition coefficient (Wildman–Crippen LogP) is 7.16. The molecule has 7 nitrogen and oxygen atoms in total. The summed E-state index contributed by atoms with van der Waals surface area (Å²) in [6.45, 7) is 9.46. The molecule has 1 heterocycles. The molecule has 0 aromatic heterocycles. The van der Waals surface area contributed by atoms with Crippen molar-refractivity contribution in [2.75, 3.05) is 6.54 Å². The summed E-state index contributed by atoms with van der Waals surface area (Å²) in [5.41, 5.74) is 1.43. The van der Waals surface area contributed by atoms with Crippen molar-refractivity contribution in [2.45, 2.75) is 96.9 Å². The molecule has 0 radical (unpaired) electrons. The number of ether oxygens (including phenoxy) is 2. The highest BCUT2D eigenvalue weighted by molar-refractivity contribution is 7.39. The normalized spacial score (nSPS) is 21.5. The Morgan fingerprint density at radius 1 is 1.03 bits per heavy atom. The molecule has 0 spiro atoms. The number of quaternary nitrogens is 1. The summed E-state index contributed by atoms with van der Waals surface area (Å²) < 4.78 is 30.6. The molecule has 3 rings (SSSR count). The van der Waals surface area contributed by atoms with E-state index in [4.69, 9.17) is 14.0 Å².